The largest absolute Gasteiger partial charge is 0.464 e. The summed E-state index contributed by atoms with van der Waals surface area (Å²) >= 11 is 0. The molecule has 0 aromatic heterocycles. The molecule has 0 aliphatic carbocycles. The van der Waals surface area contributed by atoms with E-state index >= 15 is 0 Å². The number of rotatable bonds is 7. The average Bonchev–Trinajstić information content (AvgIpc) is 2.41. The number of esters is 1. The lowest BCUT2D eigenvalue weighted by atomic mass is 10.3. The highest BCUT2D eigenvalue weighted by Crippen LogP contribution is 1.95. The summed E-state index contributed by atoms with van der Waals surface area (Å²) in [6, 6.07) is 3.54. The highest BCUT2D eigenvalue weighted by molar-refractivity contribution is 5.68. The summed E-state index contributed by atoms with van der Waals surface area (Å²) in [5, 5.41) is 17.1. The van der Waals surface area contributed by atoms with Crippen molar-refractivity contribution in [3.63, 3.8) is 0 Å². The summed E-state index contributed by atoms with van der Waals surface area (Å²) in [6.07, 6.45) is 5.21. The molecule has 0 unspecified atom stereocenters. The Morgan fingerprint density at radius 2 is 2.00 bits per heavy atom. The number of carbonyl (C=O) groups is 1. The molecule has 0 aliphatic heterocycles. The Morgan fingerprint density at radius 1 is 1.33 bits per heavy atom. The molecule has 0 bridgehead atoms. The van der Waals surface area contributed by atoms with Crippen LogP contribution in [0.1, 0.15) is 20.3 Å². The van der Waals surface area contributed by atoms with Crippen LogP contribution in [-0.4, -0.2) is 30.6 Å². The number of nitriles is 2. The summed E-state index contributed by atoms with van der Waals surface area (Å²) in [7, 11) is 0. The van der Waals surface area contributed by atoms with Crippen LogP contribution in [0.25, 0.3) is 0 Å². The second-order valence-corrected chi connectivity index (χ2v) is 3.35. The van der Waals surface area contributed by atoms with Crippen LogP contribution in [0.3, 0.4) is 0 Å². The molecule has 0 heterocycles. The van der Waals surface area contributed by atoms with E-state index in [0.29, 0.717) is 19.6 Å². The predicted molar refractivity (Wildman–Crippen MR) is 66.9 cm³/mol. The van der Waals surface area contributed by atoms with Crippen molar-refractivity contribution >= 4 is 5.97 Å². The third kappa shape index (κ3) is 7.08. The van der Waals surface area contributed by atoms with E-state index in [1.54, 1.807) is 31.3 Å². The number of allylic oxidation sites excluding steroid dienone is 3. The molecule has 96 valence electrons. The normalized spacial score (nSPS) is 9.33. The first-order chi connectivity index (χ1) is 8.67. The Balaban J connectivity index is 4.17. The smallest absolute Gasteiger partial charge is 0.305 e. The molecule has 5 nitrogen and oxygen atoms in total. The third-order valence-corrected chi connectivity index (χ3v) is 2.14. The van der Waals surface area contributed by atoms with Crippen molar-refractivity contribution in [3.05, 3.63) is 23.9 Å². The van der Waals surface area contributed by atoms with Crippen molar-refractivity contribution in [1.29, 1.82) is 10.5 Å². The maximum absolute atomic E-state index is 10.9. The van der Waals surface area contributed by atoms with E-state index in [2.05, 4.69) is 0 Å². The molecule has 0 saturated heterocycles. The number of ether oxygens (including phenoxy) is 1. The molecule has 0 N–H and O–H groups in total. The quantitative estimate of drug-likeness (QED) is 0.389. The lowest BCUT2D eigenvalue weighted by Gasteiger charge is -2.17. The molecule has 0 amide bonds. The van der Waals surface area contributed by atoms with Crippen molar-refractivity contribution in [2.75, 3.05) is 19.7 Å². The molecule has 5 heteroatoms. The van der Waals surface area contributed by atoms with Gasteiger partial charge in [0.2, 0.25) is 0 Å². The van der Waals surface area contributed by atoms with Gasteiger partial charge in [-0.1, -0.05) is 6.92 Å². The topological polar surface area (TPSA) is 77.1 Å². The summed E-state index contributed by atoms with van der Waals surface area (Å²) < 4.78 is 4.96. The van der Waals surface area contributed by atoms with Crippen LogP contribution in [0.5, 0.6) is 0 Å². The van der Waals surface area contributed by atoms with Crippen molar-refractivity contribution in [2.24, 2.45) is 0 Å². The van der Waals surface area contributed by atoms with Crippen molar-refractivity contribution in [1.82, 2.24) is 4.90 Å². The SMILES string of the molecule is CCC(=O)OCCN(/C=C/C=C(C#N)C#N)CC. The fraction of sp³-hybridized carbons (Fsp3) is 0.462. The van der Waals surface area contributed by atoms with E-state index in [0.717, 1.165) is 6.54 Å². The van der Waals surface area contributed by atoms with Crippen molar-refractivity contribution < 1.29 is 9.53 Å². The molecule has 0 fully saturated rings. The van der Waals surface area contributed by atoms with Crippen LogP contribution in [0, 0.1) is 22.7 Å². The summed E-state index contributed by atoms with van der Waals surface area (Å²) in [6.45, 7) is 5.38. The molecular weight excluding hydrogens is 230 g/mol. The Labute approximate surface area is 108 Å². The van der Waals surface area contributed by atoms with Crippen LogP contribution in [0.2, 0.25) is 0 Å². The van der Waals surface area contributed by atoms with Gasteiger partial charge in [0.15, 0.2) is 0 Å². The zero-order chi connectivity index (χ0) is 13.8. The average molecular weight is 247 g/mol. The Kier molecular flexibility index (Phi) is 8.67. The van der Waals surface area contributed by atoms with Gasteiger partial charge in [0.25, 0.3) is 0 Å². The van der Waals surface area contributed by atoms with Gasteiger partial charge in [-0.05, 0) is 25.3 Å². The monoisotopic (exact) mass is 247 g/mol. The van der Waals surface area contributed by atoms with Gasteiger partial charge in [0, 0.05) is 13.0 Å². The number of likely N-dealkylation sites (N-methyl/N-ethyl adjacent to an activating group) is 1. The molecule has 0 rings (SSSR count). The van der Waals surface area contributed by atoms with Crippen molar-refractivity contribution in [3.8, 4) is 12.1 Å². The van der Waals surface area contributed by atoms with Gasteiger partial charge in [-0.15, -0.1) is 0 Å². The molecular formula is C13H17N3O2. The number of hydrogen-bond acceptors (Lipinski definition) is 5. The van der Waals surface area contributed by atoms with E-state index in [1.807, 2.05) is 11.8 Å². The minimum absolute atomic E-state index is 0.0553. The van der Waals surface area contributed by atoms with Gasteiger partial charge >= 0.3 is 5.97 Å². The van der Waals surface area contributed by atoms with E-state index in [4.69, 9.17) is 15.3 Å². The van der Waals surface area contributed by atoms with Crippen LogP contribution in [0.4, 0.5) is 0 Å². The lowest BCUT2D eigenvalue weighted by molar-refractivity contribution is -0.143. The van der Waals surface area contributed by atoms with Gasteiger partial charge in [-0.25, -0.2) is 0 Å². The van der Waals surface area contributed by atoms with Crippen LogP contribution in [0.15, 0.2) is 23.9 Å². The number of carbonyl (C=O) groups excluding carboxylic acids is 1. The zero-order valence-electron chi connectivity index (χ0n) is 10.7. The van der Waals surface area contributed by atoms with Gasteiger partial charge in [0.1, 0.15) is 24.3 Å². The van der Waals surface area contributed by atoms with Gasteiger partial charge in [-0.3, -0.25) is 4.79 Å². The highest BCUT2D eigenvalue weighted by Gasteiger charge is 2.00. The van der Waals surface area contributed by atoms with E-state index in [-0.39, 0.29) is 11.5 Å². The Bertz CT molecular complexity index is 383. The maximum Gasteiger partial charge on any atom is 0.305 e. The summed E-state index contributed by atoms with van der Waals surface area (Å²) in [4.78, 5) is 12.8. The van der Waals surface area contributed by atoms with Crippen LogP contribution in [-0.2, 0) is 9.53 Å². The maximum atomic E-state index is 10.9. The Hall–Kier alpha value is -2.27. The number of nitrogens with zero attached hydrogens (tertiary/aromatic N) is 3. The standard InChI is InChI=1S/C13H17N3O2/c1-3-13(17)18-9-8-16(4-2)7-5-6-12(10-14)11-15/h5-7H,3-4,8-9H2,1-2H3/b7-5+. The number of hydrogen-bond donors (Lipinski definition) is 0. The molecule has 0 aliphatic rings. The fourth-order valence-electron chi connectivity index (χ4n) is 1.08. The summed E-state index contributed by atoms with van der Waals surface area (Å²) in [5.41, 5.74) is 0.0553. The van der Waals surface area contributed by atoms with Gasteiger partial charge < -0.3 is 9.64 Å². The molecule has 18 heavy (non-hydrogen) atoms. The highest BCUT2D eigenvalue weighted by atomic mass is 16.5. The lowest BCUT2D eigenvalue weighted by Crippen LogP contribution is -2.23. The zero-order valence-corrected chi connectivity index (χ0v) is 10.7. The van der Waals surface area contributed by atoms with Gasteiger partial charge in [-0.2, -0.15) is 10.5 Å². The Morgan fingerprint density at radius 3 is 2.50 bits per heavy atom. The molecule has 0 radical (unpaired) electrons. The fourth-order valence-corrected chi connectivity index (χ4v) is 1.08. The van der Waals surface area contributed by atoms with E-state index < -0.39 is 0 Å². The molecule has 0 atom stereocenters. The first-order valence-electron chi connectivity index (χ1n) is 5.76. The second kappa shape index (κ2) is 9.92. The first-order valence-corrected chi connectivity index (χ1v) is 5.76. The predicted octanol–water partition coefficient (Wildman–Crippen LogP) is 1.75. The van der Waals surface area contributed by atoms with Crippen molar-refractivity contribution in [2.45, 2.75) is 20.3 Å². The van der Waals surface area contributed by atoms with Crippen LogP contribution >= 0.6 is 0 Å². The molecule has 0 saturated carbocycles. The molecule has 0 aromatic carbocycles. The minimum Gasteiger partial charge on any atom is -0.464 e. The third-order valence-electron chi connectivity index (χ3n) is 2.14. The molecule has 0 spiro atoms. The summed E-state index contributed by atoms with van der Waals surface area (Å²) in [5.74, 6) is -0.217. The van der Waals surface area contributed by atoms with E-state index in [9.17, 15) is 4.79 Å². The molecule has 0 aromatic rings. The van der Waals surface area contributed by atoms with Gasteiger partial charge in [0.05, 0.1) is 6.54 Å². The first kappa shape index (κ1) is 15.7. The second-order valence-electron chi connectivity index (χ2n) is 3.35. The van der Waals surface area contributed by atoms with E-state index in [1.165, 1.54) is 6.08 Å². The minimum atomic E-state index is -0.217. The van der Waals surface area contributed by atoms with Crippen LogP contribution < -0.4 is 0 Å².